The number of urea groups is 1. The molecule has 0 radical (unpaired) electrons. The predicted octanol–water partition coefficient (Wildman–Crippen LogP) is 4.10. The van der Waals surface area contributed by atoms with Crippen LogP contribution in [0.3, 0.4) is 0 Å². The Labute approximate surface area is 186 Å². The van der Waals surface area contributed by atoms with Crippen LogP contribution in [0.2, 0.25) is 0 Å². The van der Waals surface area contributed by atoms with E-state index in [0.29, 0.717) is 18.1 Å². The van der Waals surface area contributed by atoms with E-state index in [9.17, 15) is 9.59 Å². The number of pyridine rings is 3. The van der Waals surface area contributed by atoms with Crippen LogP contribution in [0.1, 0.15) is 26.5 Å². The summed E-state index contributed by atoms with van der Waals surface area (Å²) in [7, 11) is 0. The molecule has 0 spiro atoms. The van der Waals surface area contributed by atoms with Crippen molar-refractivity contribution in [3.63, 3.8) is 0 Å². The van der Waals surface area contributed by atoms with Crippen molar-refractivity contribution in [1.29, 1.82) is 0 Å². The van der Waals surface area contributed by atoms with Crippen LogP contribution < -0.4 is 15.4 Å². The average molecular weight is 435 g/mol. The van der Waals surface area contributed by atoms with E-state index in [1.807, 2.05) is 25.1 Å². The molecule has 3 aromatic heterocycles. The van der Waals surface area contributed by atoms with Gasteiger partial charge in [0.25, 0.3) is 5.91 Å². The SMILES string of the molecule is CCOC(C)(C)C(=O)NC(=O)Nc1ccc(Oc2ccnc(-c3ccnc(C)c3)c2)cn1. The number of carbonyl (C=O) groups is 2. The number of anilines is 1. The molecule has 3 amide bonds. The van der Waals surface area contributed by atoms with Crippen LogP contribution in [0.15, 0.2) is 55.0 Å². The second-order valence-electron chi connectivity index (χ2n) is 7.40. The molecule has 0 bridgehead atoms. The van der Waals surface area contributed by atoms with Crippen molar-refractivity contribution in [2.24, 2.45) is 0 Å². The zero-order valence-corrected chi connectivity index (χ0v) is 18.4. The van der Waals surface area contributed by atoms with Gasteiger partial charge in [-0.2, -0.15) is 0 Å². The van der Waals surface area contributed by atoms with Gasteiger partial charge in [0.15, 0.2) is 0 Å². The van der Waals surface area contributed by atoms with Crippen LogP contribution in [0, 0.1) is 6.92 Å². The number of ether oxygens (including phenoxy) is 2. The van der Waals surface area contributed by atoms with Crippen molar-refractivity contribution in [3.8, 4) is 22.8 Å². The number of hydrogen-bond donors (Lipinski definition) is 2. The Morgan fingerprint density at radius 3 is 2.47 bits per heavy atom. The fraction of sp³-hybridized carbons (Fsp3) is 0.261. The van der Waals surface area contributed by atoms with Crippen molar-refractivity contribution in [1.82, 2.24) is 20.3 Å². The molecule has 0 aliphatic heterocycles. The second kappa shape index (κ2) is 9.97. The van der Waals surface area contributed by atoms with E-state index in [-0.39, 0.29) is 5.82 Å². The lowest BCUT2D eigenvalue weighted by atomic mass is 10.1. The highest BCUT2D eigenvalue weighted by molar-refractivity contribution is 6.03. The number of carbonyl (C=O) groups excluding carboxylic acids is 2. The normalized spacial score (nSPS) is 11.0. The van der Waals surface area contributed by atoms with E-state index in [1.54, 1.807) is 51.4 Å². The Kier molecular flexibility index (Phi) is 7.11. The van der Waals surface area contributed by atoms with Crippen LogP contribution in [0.4, 0.5) is 10.6 Å². The number of rotatable bonds is 7. The van der Waals surface area contributed by atoms with E-state index in [1.165, 1.54) is 6.20 Å². The first-order chi connectivity index (χ1) is 15.3. The zero-order chi connectivity index (χ0) is 23.1. The third kappa shape index (κ3) is 6.08. The van der Waals surface area contributed by atoms with Crippen LogP contribution in [-0.4, -0.2) is 39.1 Å². The van der Waals surface area contributed by atoms with Gasteiger partial charge >= 0.3 is 6.03 Å². The molecule has 2 N–H and O–H groups in total. The average Bonchev–Trinajstić information content (AvgIpc) is 2.75. The molecule has 9 nitrogen and oxygen atoms in total. The zero-order valence-electron chi connectivity index (χ0n) is 18.4. The van der Waals surface area contributed by atoms with E-state index >= 15 is 0 Å². The third-order valence-corrected chi connectivity index (χ3v) is 4.42. The maximum Gasteiger partial charge on any atom is 0.327 e. The summed E-state index contributed by atoms with van der Waals surface area (Å²) in [4.78, 5) is 36.9. The van der Waals surface area contributed by atoms with Gasteiger partial charge in [-0.05, 0) is 58.0 Å². The minimum Gasteiger partial charge on any atom is -0.456 e. The lowest BCUT2D eigenvalue weighted by Crippen LogP contribution is -2.48. The van der Waals surface area contributed by atoms with E-state index in [2.05, 4.69) is 25.6 Å². The van der Waals surface area contributed by atoms with Crippen molar-refractivity contribution in [2.45, 2.75) is 33.3 Å². The topological polar surface area (TPSA) is 115 Å². The van der Waals surface area contributed by atoms with E-state index in [0.717, 1.165) is 17.0 Å². The van der Waals surface area contributed by atoms with Crippen molar-refractivity contribution >= 4 is 17.8 Å². The Morgan fingerprint density at radius 1 is 1.00 bits per heavy atom. The van der Waals surface area contributed by atoms with Gasteiger partial charge in [0.2, 0.25) is 0 Å². The summed E-state index contributed by atoms with van der Waals surface area (Å²) in [5.41, 5.74) is 1.48. The summed E-state index contributed by atoms with van der Waals surface area (Å²) in [6.45, 7) is 7.22. The summed E-state index contributed by atoms with van der Waals surface area (Å²) < 4.78 is 11.2. The molecule has 32 heavy (non-hydrogen) atoms. The summed E-state index contributed by atoms with van der Waals surface area (Å²) in [5, 5.41) is 4.74. The Hall–Kier alpha value is -3.85. The summed E-state index contributed by atoms with van der Waals surface area (Å²) in [6.07, 6.45) is 4.87. The fourth-order valence-corrected chi connectivity index (χ4v) is 2.82. The number of aryl methyl sites for hydroxylation is 1. The summed E-state index contributed by atoms with van der Waals surface area (Å²) in [6, 6.07) is 9.91. The van der Waals surface area contributed by atoms with Gasteiger partial charge in [0, 0.05) is 36.3 Å². The number of imide groups is 1. The first kappa shape index (κ1) is 22.8. The van der Waals surface area contributed by atoms with Gasteiger partial charge in [0.05, 0.1) is 11.9 Å². The molecule has 0 saturated carbocycles. The van der Waals surface area contributed by atoms with Crippen molar-refractivity contribution < 1.29 is 19.1 Å². The van der Waals surface area contributed by atoms with Crippen molar-refractivity contribution in [2.75, 3.05) is 11.9 Å². The van der Waals surface area contributed by atoms with Crippen LogP contribution >= 0.6 is 0 Å². The molecule has 166 valence electrons. The highest BCUT2D eigenvalue weighted by Crippen LogP contribution is 2.26. The molecule has 0 saturated heterocycles. The van der Waals surface area contributed by atoms with Crippen LogP contribution in [0.25, 0.3) is 11.3 Å². The molecule has 0 aromatic carbocycles. The van der Waals surface area contributed by atoms with Crippen LogP contribution in [0.5, 0.6) is 11.5 Å². The minimum absolute atomic E-state index is 0.263. The molecule has 0 atom stereocenters. The van der Waals surface area contributed by atoms with Gasteiger partial charge in [-0.1, -0.05) is 0 Å². The lowest BCUT2D eigenvalue weighted by molar-refractivity contribution is -0.140. The Balaban J connectivity index is 1.61. The monoisotopic (exact) mass is 435 g/mol. The fourth-order valence-electron chi connectivity index (χ4n) is 2.82. The van der Waals surface area contributed by atoms with E-state index < -0.39 is 17.5 Å². The lowest BCUT2D eigenvalue weighted by Gasteiger charge is -2.22. The third-order valence-electron chi connectivity index (χ3n) is 4.42. The molecule has 0 unspecified atom stereocenters. The molecule has 3 aromatic rings. The van der Waals surface area contributed by atoms with Gasteiger partial charge in [-0.25, -0.2) is 9.78 Å². The van der Waals surface area contributed by atoms with Crippen molar-refractivity contribution in [3.05, 3.63) is 60.7 Å². The molecule has 9 heteroatoms. The standard InChI is InChI=1S/C23H25N5O4/c1-5-31-23(3,4)21(29)28-22(30)27-20-7-6-18(14-26-20)32-17-9-11-25-19(13-17)16-8-10-24-15(2)12-16/h6-14H,5H2,1-4H3,(H2,26,27,28,29,30). The number of aromatic nitrogens is 3. The number of hydrogen-bond acceptors (Lipinski definition) is 7. The molecule has 0 fully saturated rings. The minimum atomic E-state index is -1.12. The van der Waals surface area contributed by atoms with Gasteiger partial charge in [-0.3, -0.25) is 25.4 Å². The Bertz CT molecular complexity index is 1100. The molecule has 3 rings (SSSR count). The quantitative estimate of drug-likeness (QED) is 0.574. The van der Waals surface area contributed by atoms with E-state index in [4.69, 9.17) is 9.47 Å². The highest BCUT2D eigenvalue weighted by atomic mass is 16.5. The maximum atomic E-state index is 12.1. The highest BCUT2D eigenvalue weighted by Gasteiger charge is 2.29. The predicted molar refractivity (Wildman–Crippen MR) is 119 cm³/mol. The summed E-state index contributed by atoms with van der Waals surface area (Å²) in [5.74, 6) is 0.787. The molecule has 0 aliphatic carbocycles. The first-order valence-electron chi connectivity index (χ1n) is 10.1. The number of nitrogens with one attached hydrogen (secondary N) is 2. The maximum absolute atomic E-state index is 12.1. The molecular weight excluding hydrogens is 410 g/mol. The van der Waals surface area contributed by atoms with Gasteiger partial charge in [-0.15, -0.1) is 0 Å². The van der Waals surface area contributed by atoms with Gasteiger partial charge < -0.3 is 9.47 Å². The second-order valence-corrected chi connectivity index (χ2v) is 7.40. The Morgan fingerprint density at radius 2 is 1.78 bits per heavy atom. The molecule has 0 aliphatic rings. The first-order valence-corrected chi connectivity index (χ1v) is 10.1. The van der Waals surface area contributed by atoms with Crippen LogP contribution in [-0.2, 0) is 9.53 Å². The van der Waals surface area contributed by atoms with Gasteiger partial charge in [0.1, 0.15) is 22.9 Å². The largest absolute Gasteiger partial charge is 0.456 e. The molecule has 3 heterocycles. The number of amides is 3. The smallest absolute Gasteiger partial charge is 0.327 e. The number of nitrogens with zero attached hydrogens (tertiary/aromatic N) is 3. The molecular formula is C23H25N5O4. The summed E-state index contributed by atoms with van der Waals surface area (Å²) >= 11 is 0.